The largest absolute Gasteiger partial charge is 0.395 e. The van der Waals surface area contributed by atoms with Gasteiger partial charge in [0.25, 0.3) is 11.8 Å². The first-order valence-corrected chi connectivity index (χ1v) is 11.9. The van der Waals surface area contributed by atoms with Crippen molar-refractivity contribution < 1.29 is 19.5 Å². The van der Waals surface area contributed by atoms with Crippen LogP contribution in [-0.2, 0) is 9.59 Å². The van der Waals surface area contributed by atoms with Gasteiger partial charge in [-0.3, -0.25) is 19.4 Å². The Morgan fingerprint density at radius 3 is 2.03 bits per heavy atom. The predicted molar refractivity (Wildman–Crippen MR) is 133 cm³/mol. The number of hydrogen-bond acceptors (Lipinski definition) is 6. The lowest BCUT2D eigenvalue weighted by Gasteiger charge is -2.32. The zero-order chi connectivity index (χ0) is 24.0. The van der Waals surface area contributed by atoms with E-state index < -0.39 is 17.8 Å². The first-order chi connectivity index (χ1) is 15.9. The second-order valence-electron chi connectivity index (χ2n) is 7.41. The van der Waals surface area contributed by atoms with Crippen LogP contribution in [0.1, 0.15) is 36.1 Å². The van der Waals surface area contributed by atoms with Gasteiger partial charge >= 0.3 is 6.03 Å². The van der Waals surface area contributed by atoms with Crippen molar-refractivity contribution in [2.75, 3.05) is 37.7 Å². The van der Waals surface area contributed by atoms with E-state index in [0.29, 0.717) is 6.54 Å². The fourth-order valence-corrected chi connectivity index (χ4v) is 4.48. The Morgan fingerprint density at radius 2 is 1.48 bits per heavy atom. The number of amides is 4. The molecular formula is C25H29N3O4S. The highest BCUT2D eigenvalue weighted by Gasteiger charge is 2.40. The standard InChI is InChI=1S/C25H29N3O4S/c1-4-26(15-16-29)19-10-7-18(8-11-19)9-12-20-13-14-21(33-20)17-22-23(30)27(5-2)25(32)28(6-3)24(22)31/h7-14,17,29H,4-6,15-16H2,1-3H3/b12-9+. The van der Waals surface area contributed by atoms with Crippen molar-refractivity contribution in [3.05, 3.63) is 57.3 Å². The number of aliphatic hydroxyl groups excluding tert-OH is 1. The van der Waals surface area contributed by atoms with E-state index in [1.807, 2.05) is 48.6 Å². The van der Waals surface area contributed by atoms with Crippen LogP contribution in [0.2, 0.25) is 0 Å². The van der Waals surface area contributed by atoms with Crippen molar-refractivity contribution >= 4 is 53.1 Å². The fraction of sp³-hybridized carbons (Fsp3) is 0.320. The Balaban J connectivity index is 1.76. The lowest BCUT2D eigenvalue weighted by atomic mass is 10.1. The number of benzene rings is 1. The molecule has 174 valence electrons. The van der Waals surface area contributed by atoms with E-state index in [1.165, 1.54) is 11.3 Å². The first kappa shape index (κ1) is 24.4. The average Bonchev–Trinajstić information content (AvgIpc) is 3.27. The summed E-state index contributed by atoms with van der Waals surface area (Å²) in [7, 11) is 0. The maximum atomic E-state index is 12.7. The Bertz CT molecular complexity index is 1040. The molecule has 8 heteroatoms. The number of carbonyl (C=O) groups is 3. The normalized spacial score (nSPS) is 14.5. The third-order valence-electron chi connectivity index (χ3n) is 5.43. The summed E-state index contributed by atoms with van der Waals surface area (Å²) in [5, 5.41) is 9.18. The molecule has 0 aliphatic carbocycles. The molecule has 0 spiro atoms. The molecule has 33 heavy (non-hydrogen) atoms. The maximum absolute atomic E-state index is 12.7. The number of aliphatic hydroxyl groups is 1. The van der Waals surface area contributed by atoms with Crippen LogP contribution in [0.25, 0.3) is 18.2 Å². The molecule has 1 aromatic carbocycles. The minimum absolute atomic E-state index is 0.00891. The predicted octanol–water partition coefficient (Wildman–Crippen LogP) is 3.95. The number of thiophene rings is 1. The molecule has 1 aliphatic heterocycles. The summed E-state index contributed by atoms with van der Waals surface area (Å²) in [4.78, 5) is 43.7. The van der Waals surface area contributed by atoms with Crippen LogP contribution < -0.4 is 4.90 Å². The first-order valence-electron chi connectivity index (χ1n) is 11.1. The van der Waals surface area contributed by atoms with Gasteiger partial charge in [0.1, 0.15) is 5.57 Å². The smallest absolute Gasteiger partial charge is 0.333 e. The lowest BCUT2D eigenvalue weighted by molar-refractivity contribution is -0.135. The molecule has 0 radical (unpaired) electrons. The van der Waals surface area contributed by atoms with Gasteiger partial charge in [0, 0.05) is 41.6 Å². The van der Waals surface area contributed by atoms with E-state index in [1.54, 1.807) is 19.9 Å². The molecule has 3 rings (SSSR count). The topological polar surface area (TPSA) is 81.2 Å². The van der Waals surface area contributed by atoms with Gasteiger partial charge in [-0.1, -0.05) is 18.2 Å². The molecule has 2 heterocycles. The molecule has 1 fully saturated rings. The number of hydrogen-bond donors (Lipinski definition) is 1. The molecular weight excluding hydrogens is 438 g/mol. The van der Waals surface area contributed by atoms with Gasteiger partial charge in [-0.15, -0.1) is 11.3 Å². The molecule has 1 aliphatic rings. The Kier molecular flexibility index (Phi) is 8.19. The minimum atomic E-state index is -0.564. The van der Waals surface area contributed by atoms with E-state index in [9.17, 15) is 19.5 Å². The monoisotopic (exact) mass is 467 g/mol. The highest BCUT2D eigenvalue weighted by atomic mass is 32.1. The van der Waals surface area contributed by atoms with Crippen LogP contribution in [-0.4, -0.2) is 65.5 Å². The van der Waals surface area contributed by atoms with Crippen LogP contribution >= 0.6 is 11.3 Å². The zero-order valence-electron chi connectivity index (χ0n) is 19.2. The van der Waals surface area contributed by atoms with Crippen molar-refractivity contribution in [2.24, 2.45) is 0 Å². The molecule has 0 saturated carbocycles. The number of imide groups is 2. The van der Waals surface area contributed by atoms with E-state index in [4.69, 9.17) is 0 Å². The van der Waals surface area contributed by atoms with E-state index in [-0.39, 0.29) is 25.3 Å². The minimum Gasteiger partial charge on any atom is -0.395 e. The number of rotatable bonds is 9. The third-order valence-corrected chi connectivity index (χ3v) is 6.43. The van der Waals surface area contributed by atoms with Gasteiger partial charge in [0.15, 0.2) is 0 Å². The second-order valence-corrected chi connectivity index (χ2v) is 8.55. The fourth-order valence-electron chi connectivity index (χ4n) is 3.63. The van der Waals surface area contributed by atoms with E-state index in [0.717, 1.165) is 37.3 Å². The van der Waals surface area contributed by atoms with Gasteiger partial charge in [-0.2, -0.15) is 0 Å². The van der Waals surface area contributed by atoms with Gasteiger partial charge in [-0.25, -0.2) is 4.79 Å². The van der Waals surface area contributed by atoms with Gasteiger partial charge < -0.3 is 10.0 Å². The SMILES string of the molecule is CCN1C(=O)C(=Cc2ccc(/C=C/c3ccc(N(CC)CCO)cc3)s2)C(=O)N(CC)C1=O. The molecule has 7 nitrogen and oxygen atoms in total. The van der Waals surface area contributed by atoms with E-state index in [2.05, 4.69) is 11.8 Å². The number of anilines is 1. The Morgan fingerprint density at radius 1 is 0.879 bits per heavy atom. The number of likely N-dealkylation sites (N-methyl/N-ethyl adjacent to an activating group) is 3. The summed E-state index contributed by atoms with van der Waals surface area (Å²) in [6.07, 6.45) is 5.56. The van der Waals surface area contributed by atoms with Crippen LogP contribution in [0.5, 0.6) is 0 Å². The summed E-state index contributed by atoms with van der Waals surface area (Å²) in [6.45, 7) is 7.46. The van der Waals surface area contributed by atoms with Crippen molar-refractivity contribution in [2.45, 2.75) is 20.8 Å². The van der Waals surface area contributed by atoms with Gasteiger partial charge in [-0.05, 0) is 62.8 Å². The summed E-state index contributed by atoms with van der Waals surface area (Å²) in [6, 6.07) is 11.3. The molecule has 1 saturated heterocycles. The van der Waals surface area contributed by atoms with Crippen molar-refractivity contribution in [3.63, 3.8) is 0 Å². The molecule has 4 amide bonds. The highest BCUT2D eigenvalue weighted by Crippen LogP contribution is 2.25. The lowest BCUT2D eigenvalue weighted by Crippen LogP contribution is -2.56. The second kappa shape index (κ2) is 11.1. The average molecular weight is 468 g/mol. The number of urea groups is 1. The maximum Gasteiger partial charge on any atom is 0.333 e. The molecule has 0 atom stereocenters. The summed E-state index contributed by atoms with van der Waals surface area (Å²) >= 11 is 1.46. The third kappa shape index (κ3) is 5.40. The van der Waals surface area contributed by atoms with Gasteiger partial charge in [0.05, 0.1) is 6.61 Å². The van der Waals surface area contributed by atoms with Crippen LogP contribution in [0.4, 0.5) is 10.5 Å². The van der Waals surface area contributed by atoms with Crippen LogP contribution in [0.3, 0.4) is 0 Å². The summed E-state index contributed by atoms with van der Waals surface area (Å²) in [5.41, 5.74) is 2.12. The Hall–Kier alpha value is -3.23. The molecule has 1 aromatic heterocycles. The van der Waals surface area contributed by atoms with E-state index >= 15 is 0 Å². The highest BCUT2D eigenvalue weighted by molar-refractivity contribution is 7.13. The summed E-state index contributed by atoms with van der Waals surface area (Å²) in [5.74, 6) is -1.10. The van der Waals surface area contributed by atoms with Crippen LogP contribution in [0.15, 0.2) is 42.0 Å². The van der Waals surface area contributed by atoms with Crippen molar-refractivity contribution in [1.29, 1.82) is 0 Å². The summed E-state index contributed by atoms with van der Waals surface area (Å²) < 4.78 is 0. The van der Waals surface area contributed by atoms with Crippen molar-refractivity contribution in [3.8, 4) is 0 Å². The number of nitrogens with zero attached hydrogens (tertiary/aromatic N) is 3. The number of carbonyl (C=O) groups excluding carboxylic acids is 3. The quantitative estimate of drug-likeness (QED) is 0.446. The van der Waals surface area contributed by atoms with Gasteiger partial charge in [0.2, 0.25) is 0 Å². The zero-order valence-corrected chi connectivity index (χ0v) is 20.0. The molecule has 0 bridgehead atoms. The number of barbiturate groups is 1. The molecule has 1 N–H and O–H groups in total. The van der Waals surface area contributed by atoms with Crippen LogP contribution in [0, 0.1) is 0 Å². The van der Waals surface area contributed by atoms with Crippen molar-refractivity contribution in [1.82, 2.24) is 9.80 Å². The Labute approximate surface area is 198 Å². The molecule has 2 aromatic rings. The molecule has 0 unspecified atom stereocenters.